The van der Waals surface area contributed by atoms with Crippen LogP contribution < -0.4 is 22.1 Å². The van der Waals surface area contributed by atoms with Crippen molar-refractivity contribution in [1.29, 1.82) is 0 Å². The zero-order chi connectivity index (χ0) is 18.8. The summed E-state index contributed by atoms with van der Waals surface area (Å²) < 4.78 is 4.84. The molecule has 0 saturated heterocycles. The molecule has 11 nitrogen and oxygen atoms in total. The van der Waals surface area contributed by atoms with Gasteiger partial charge in [0.2, 0.25) is 5.91 Å². The number of imidazole rings is 1. The first-order valence-electron chi connectivity index (χ1n) is 7.80. The quantitative estimate of drug-likeness (QED) is 0.551. The lowest BCUT2D eigenvalue weighted by Crippen LogP contribution is -2.38. The van der Waals surface area contributed by atoms with Crippen LogP contribution in [0.4, 0.5) is 0 Å². The average molecular weight is 359 g/mol. The van der Waals surface area contributed by atoms with Crippen LogP contribution in [0.1, 0.15) is 0 Å². The second kappa shape index (κ2) is 6.78. The zero-order valence-electron chi connectivity index (χ0n) is 14.2. The zero-order valence-corrected chi connectivity index (χ0v) is 14.2. The van der Waals surface area contributed by atoms with Gasteiger partial charge in [0.05, 0.1) is 12.9 Å². The van der Waals surface area contributed by atoms with Gasteiger partial charge in [-0.1, -0.05) is 0 Å². The standard InChI is InChI=1S/C15H17N7O4/c1-19-13-12(14(25)20(2)15(19)26)21(9-17-13)8-10(23)16-6-7-22-11(24)4-3-5-18-22/h3-5,9H,6-8H2,1-2H3,(H,16,23). The Morgan fingerprint density at radius 1 is 1.19 bits per heavy atom. The molecule has 0 aromatic carbocycles. The summed E-state index contributed by atoms with van der Waals surface area (Å²) in [4.78, 5) is 51.9. The van der Waals surface area contributed by atoms with E-state index in [1.165, 1.54) is 52.6 Å². The third kappa shape index (κ3) is 3.06. The minimum Gasteiger partial charge on any atom is -0.353 e. The van der Waals surface area contributed by atoms with Crippen LogP contribution in [-0.2, 0) is 32.0 Å². The summed E-state index contributed by atoms with van der Waals surface area (Å²) in [6, 6.07) is 2.92. The van der Waals surface area contributed by atoms with Crippen LogP contribution in [0.25, 0.3) is 11.2 Å². The SMILES string of the molecule is Cn1c(=O)c2c(ncn2CC(=O)NCCn2ncccc2=O)n(C)c1=O. The molecule has 0 radical (unpaired) electrons. The van der Waals surface area contributed by atoms with E-state index < -0.39 is 11.2 Å². The highest BCUT2D eigenvalue weighted by atomic mass is 16.2. The van der Waals surface area contributed by atoms with Crippen LogP contribution in [-0.4, -0.2) is 40.9 Å². The van der Waals surface area contributed by atoms with Crippen molar-refractivity contribution in [2.45, 2.75) is 13.1 Å². The number of hydrogen-bond donors (Lipinski definition) is 1. The fourth-order valence-electron chi connectivity index (χ4n) is 2.58. The van der Waals surface area contributed by atoms with Gasteiger partial charge in [0.15, 0.2) is 11.2 Å². The molecule has 0 aliphatic rings. The summed E-state index contributed by atoms with van der Waals surface area (Å²) >= 11 is 0. The van der Waals surface area contributed by atoms with Gasteiger partial charge in [-0.15, -0.1) is 0 Å². The molecule has 3 rings (SSSR count). The largest absolute Gasteiger partial charge is 0.353 e. The van der Waals surface area contributed by atoms with Crippen molar-refractivity contribution in [3.63, 3.8) is 0 Å². The highest BCUT2D eigenvalue weighted by molar-refractivity contribution is 5.78. The molecule has 3 heterocycles. The van der Waals surface area contributed by atoms with Crippen molar-refractivity contribution in [1.82, 2.24) is 33.8 Å². The Hall–Kier alpha value is -3.50. The maximum atomic E-state index is 12.3. The molecule has 3 aromatic heterocycles. The van der Waals surface area contributed by atoms with Gasteiger partial charge in [0.1, 0.15) is 6.54 Å². The molecule has 1 amide bonds. The molecule has 11 heteroatoms. The van der Waals surface area contributed by atoms with E-state index >= 15 is 0 Å². The number of nitrogens with one attached hydrogen (secondary N) is 1. The minimum atomic E-state index is -0.520. The Labute approximate surface area is 146 Å². The predicted molar refractivity (Wildman–Crippen MR) is 91.7 cm³/mol. The molecule has 26 heavy (non-hydrogen) atoms. The van der Waals surface area contributed by atoms with Crippen LogP contribution >= 0.6 is 0 Å². The van der Waals surface area contributed by atoms with Crippen molar-refractivity contribution < 1.29 is 4.79 Å². The summed E-state index contributed by atoms with van der Waals surface area (Å²) in [5.74, 6) is -0.357. The number of nitrogens with zero attached hydrogens (tertiary/aromatic N) is 6. The van der Waals surface area contributed by atoms with E-state index in [0.717, 1.165) is 4.57 Å². The van der Waals surface area contributed by atoms with Crippen molar-refractivity contribution >= 4 is 17.1 Å². The van der Waals surface area contributed by atoms with Gasteiger partial charge in [0.25, 0.3) is 11.1 Å². The molecule has 0 atom stereocenters. The fraction of sp³-hybridized carbons (Fsp3) is 0.333. The predicted octanol–water partition coefficient (Wildman–Crippen LogP) is -2.19. The Morgan fingerprint density at radius 3 is 2.69 bits per heavy atom. The Balaban J connectivity index is 1.74. The van der Waals surface area contributed by atoms with Crippen molar-refractivity contribution in [3.8, 4) is 0 Å². The number of hydrogen-bond acceptors (Lipinski definition) is 6. The Morgan fingerprint density at radius 2 is 1.96 bits per heavy atom. The number of amides is 1. The summed E-state index contributed by atoms with van der Waals surface area (Å²) in [5.41, 5.74) is -0.880. The maximum Gasteiger partial charge on any atom is 0.332 e. The molecule has 0 bridgehead atoms. The normalized spacial score (nSPS) is 11.0. The van der Waals surface area contributed by atoms with Gasteiger partial charge in [-0.3, -0.25) is 23.5 Å². The van der Waals surface area contributed by atoms with Gasteiger partial charge in [-0.05, 0) is 6.07 Å². The Kier molecular flexibility index (Phi) is 4.52. The number of aryl methyl sites for hydroxylation is 1. The van der Waals surface area contributed by atoms with Crippen LogP contribution in [0.2, 0.25) is 0 Å². The lowest BCUT2D eigenvalue weighted by atomic mass is 10.4. The van der Waals surface area contributed by atoms with Crippen LogP contribution in [0.15, 0.2) is 39.0 Å². The van der Waals surface area contributed by atoms with Crippen molar-refractivity contribution in [2.75, 3.05) is 6.54 Å². The monoisotopic (exact) mass is 359 g/mol. The highest BCUT2D eigenvalue weighted by Gasteiger charge is 2.15. The van der Waals surface area contributed by atoms with E-state index in [9.17, 15) is 19.2 Å². The molecule has 1 N–H and O–H groups in total. The van der Waals surface area contributed by atoms with Gasteiger partial charge >= 0.3 is 5.69 Å². The second-order valence-electron chi connectivity index (χ2n) is 5.69. The molecular weight excluding hydrogens is 342 g/mol. The van der Waals surface area contributed by atoms with Crippen molar-refractivity contribution in [3.05, 3.63) is 55.8 Å². The van der Waals surface area contributed by atoms with E-state index in [-0.39, 0.29) is 42.3 Å². The number of carbonyl (C=O) groups excluding carboxylic acids is 1. The van der Waals surface area contributed by atoms with Crippen LogP contribution in [0.3, 0.4) is 0 Å². The molecular formula is C15H17N7O4. The first kappa shape index (κ1) is 17.3. The Bertz CT molecular complexity index is 1150. The van der Waals surface area contributed by atoms with Gasteiger partial charge in [-0.2, -0.15) is 5.10 Å². The molecule has 0 spiro atoms. The molecule has 0 aliphatic heterocycles. The van der Waals surface area contributed by atoms with Crippen LogP contribution in [0.5, 0.6) is 0 Å². The smallest absolute Gasteiger partial charge is 0.332 e. The summed E-state index contributed by atoms with van der Waals surface area (Å²) in [7, 11) is 2.87. The van der Waals surface area contributed by atoms with E-state index in [1.807, 2.05) is 0 Å². The third-order valence-corrected chi connectivity index (χ3v) is 3.96. The molecule has 136 valence electrons. The lowest BCUT2D eigenvalue weighted by molar-refractivity contribution is -0.121. The maximum absolute atomic E-state index is 12.3. The molecule has 3 aromatic rings. The molecule has 0 fully saturated rings. The van der Waals surface area contributed by atoms with Gasteiger partial charge < -0.3 is 9.88 Å². The van der Waals surface area contributed by atoms with Crippen LogP contribution in [0, 0.1) is 0 Å². The van der Waals surface area contributed by atoms with Gasteiger partial charge in [0, 0.05) is 32.9 Å². The van der Waals surface area contributed by atoms with Crippen molar-refractivity contribution in [2.24, 2.45) is 14.1 Å². The first-order valence-corrected chi connectivity index (χ1v) is 7.80. The number of fused-ring (bicyclic) bond motifs is 1. The summed E-state index contributed by atoms with van der Waals surface area (Å²) in [6.45, 7) is 0.298. The van der Waals surface area contributed by atoms with E-state index in [4.69, 9.17) is 0 Å². The molecule has 0 unspecified atom stereocenters. The van der Waals surface area contributed by atoms with E-state index in [0.29, 0.717) is 0 Å². The third-order valence-electron chi connectivity index (χ3n) is 3.96. The molecule has 0 aliphatic carbocycles. The topological polar surface area (TPSA) is 126 Å². The average Bonchev–Trinajstić information content (AvgIpc) is 3.03. The minimum absolute atomic E-state index is 0.138. The lowest BCUT2D eigenvalue weighted by Gasteiger charge is -2.08. The summed E-state index contributed by atoms with van der Waals surface area (Å²) in [6.07, 6.45) is 2.83. The van der Waals surface area contributed by atoms with Gasteiger partial charge in [-0.25, -0.2) is 14.5 Å². The highest BCUT2D eigenvalue weighted by Crippen LogP contribution is 2.04. The van der Waals surface area contributed by atoms with E-state index in [2.05, 4.69) is 15.4 Å². The second-order valence-corrected chi connectivity index (χ2v) is 5.69. The fourth-order valence-corrected chi connectivity index (χ4v) is 2.58. The summed E-state index contributed by atoms with van der Waals surface area (Å²) in [5, 5.41) is 6.55. The number of aromatic nitrogens is 6. The number of carbonyl (C=O) groups is 1. The molecule has 0 saturated carbocycles. The van der Waals surface area contributed by atoms with E-state index in [1.54, 1.807) is 0 Å². The first-order chi connectivity index (χ1) is 12.4. The number of rotatable bonds is 5.